The highest BCUT2D eigenvalue weighted by molar-refractivity contribution is 6.07. The second-order valence-corrected chi connectivity index (χ2v) is 19.2. The molecule has 2 aromatic rings. The monoisotopic (exact) mass is 810 g/mol. The molecule has 10 heteroatoms. The first-order chi connectivity index (χ1) is 29.0. The lowest BCUT2D eigenvalue weighted by atomic mass is 9.72. The maximum atomic E-state index is 14.9. The van der Waals surface area contributed by atoms with Gasteiger partial charge in [-0.15, -0.1) is 0 Å². The molecule has 10 nitrogen and oxygen atoms in total. The van der Waals surface area contributed by atoms with Gasteiger partial charge >= 0.3 is 6.09 Å². The Bertz CT molecular complexity index is 1710. The molecule has 4 saturated carbocycles. The van der Waals surface area contributed by atoms with Crippen molar-refractivity contribution in [1.29, 1.82) is 0 Å². The Hall–Kier alpha value is -3.18. The van der Waals surface area contributed by atoms with Crippen LogP contribution in [0.1, 0.15) is 140 Å². The summed E-state index contributed by atoms with van der Waals surface area (Å²) < 4.78 is 41.3. The molecule has 8 fully saturated rings. The number of rotatable bonds is 10. The molecule has 0 unspecified atom stereocenters. The molecule has 2 aromatic carbocycles. The Morgan fingerprint density at radius 2 is 1.05 bits per heavy atom. The van der Waals surface area contributed by atoms with Gasteiger partial charge < -0.3 is 33.3 Å². The summed E-state index contributed by atoms with van der Waals surface area (Å²) in [6.45, 7) is 0.711. The Kier molecular flexibility index (Phi) is 11.5. The number of anilines is 1. The van der Waals surface area contributed by atoms with Crippen molar-refractivity contribution in [3.8, 4) is 5.75 Å². The number of β-lactam (4-membered cyclic amide) rings is 1. The van der Waals surface area contributed by atoms with Gasteiger partial charge in [-0.1, -0.05) is 107 Å². The molecule has 4 aliphatic carbocycles. The van der Waals surface area contributed by atoms with Crippen LogP contribution in [-0.2, 0) is 28.5 Å². The van der Waals surface area contributed by atoms with Crippen LogP contribution in [0.25, 0.3) is 0 Å². The number of ether oxygens (including phenoxy) is 6. The molecule has 0 spiro atoms. The minimum absolute atomic E-state index is 0.140. The van der Waals surface area contributed by atoms with Gasteiger partial charge in [0.25, 0.3) is 5.91 Å². The van der Waals surface area contributed by atoms with E-state index < -0.39 is 54.1 Å². The lowest BCUT2D eigenvalue weighted by molar-refractivity contribution is -0.261. The van der Waals surface area contributed by atoms with Crippen molar-refractivity contribution in [3.63, 3.8) is 0 Å². The van der Waals surface area contributed by atoms with E-state index in [-0.39, 0.29) is 5.91 Å². The zero-order valence-electron chi connectivity index (χ0n) is 35.2. The van der Waals surface area contributed by atoms with Gasteiger partial charge in [0.05, 0.1) is 26.4 Å². The standard InChI is InChI=1S/C49H66N2O8/c1-54-39-29-27-38(28-30-39)50-42(33-17-7-2-8-18-33)44(46(50)52)51-43(40-31-55-48(58-40,34-19-9-3-10-20-34)35-21-11-4-12-22-35)45(57-47(51)53)41-32-56-49(59-41,36-23-13-5-14-24-36)37-25-15-6-16-26-37/h2,7-8,17-18,27-30,34-37,40-45H,3-6,9-16,19-26,31-32H2,1H3/t40-,41-,42-,43-,44+,45-/m1/s1. The van der Waals surface area contributed by atoms with E-state index in [9.17, 15) is 9.59 Å². The highest BCUT2D eigenvalue weighted by atomic mass is 16.8. The largest absolute Gasteiger partial charge is 0.497 e. The third-order valence-corrected chi connectivity index (χ3v) is 16.0. The van der Waals surface area contributed by atoms with E-state index in [0.717, 1.165) is 68.4 Å². The van der Waals surface area contributed by atoms with Crippen LogP contribution >= 0.6 is 0 Å². The number of methoxy groups -OCH3 is 1. The summed E-state index contributed by atoms with van der Waals surface area (Å²) in [7, 11) is 1.64. The molecule has 59 heavy (non-hydrogen) atoms. The highest BCUT2D eigenvalue weighted by Gasteiger charge is 2.66. The van der Waals surface area contributed by atoms with Crippen molar-refractivity contribution in [2.75, 3.05) is 25.2 Å². The first kappa shape index (κ1) is 39.9. The summed E-state index contributed by atoms with van der Waals surface area (Å²) >= 11 is 0. The van der Waals surface area contributed by atoms with Crippen LogP contribution in [0.2, 0.25) is 0 Å². The quantitative estimate of drug-likeness (QED) is 0.219. The van der Waals surface area contributed by atoms with E-state index in [1.807, 2.05) is 47.4 Å². The summed E-state index contributed by atoms with van der Waals surface area (Å²) in [4.78, 5) is 33.3. The van der Waals surface area contributed by atoms with E-state index >= 15 is 0 Å². The number of hydrogen-bond donors (Lipinski definition) is 0. The van der Waals surface area contributed by atoms with Crippen LogP contribution in [0, 0.1) is 23.7 Å². The topological polar surface area (TPSA) is 96.0 Å². The number of nitrogens with zero attached hydrogens (tertiary/aromatic N) is 2. The van der Waals surface area contributed by atoms with Crippen molar-refractivity contribution in [1.82, 2.24) is 4.90 Å². The van der Waals surface area contributed by atoms with Gasteiger partial charge in [-0.05, 0) is 81.2 Å². The maximum Gasteiger partial charge on any atom is 0.411 e. The molecular weight excluding hydrogens is 745 g/mol. The van der Waals surface area contributed by atoms with Gasteiger partial charge in [-0.2, -0.15) is 0 Å². The summed E-state index contributed by atoms with van der Waals surface area (Å²) in [5, 5.41) is 0. The molecule has 4 saturated heterocycles. The second-order valence-electron chi connectivity index (χ2n) is 19.2. The summed E-state index contributed by atoms with van der Waals surface area (Å²) in [5.74, 6) is 0.444. The Morgan fingerprint density at radius 1 is 0.576 bits per heavy atom. The number of carbonyl (C=O) groups excluding carboxylic acids is 2. The normalized spacial score (nSPS) is 33.6. The summed E-state index contributed by atoms with van der Waals surface area (Å²) in [5.41, 5.74) is 1.72. The first-order valence-corrected chi connectivity index (χ1v) is 23.7. The van der Waals surface area contributed by atoms with Crippen molar-refractivity contribution < 1.29 is 38.0 Å². The van der Waals surface area contributed by atoms with Crippen LogP contribution in [0.5, 0.6) is 5.75 Å². The molecule has 4 heterocycles. The van der Waals surface area contributed by atoms with Gasteiger partial charge in [0, 0.05) is 29.4 Å². The zero-order valence-corrected chi connectivity index (χ0v) is 35.2. The van der Waals surface area contributed by atoms with Crippen LogP contribution in [0.15, 0.2) is 54.6 Å². The molecule has 0 aromatic heterocycles. The Morgan fingerprint density at radius 3 is 1.54 bits per heavy atom. The maximum absolute atomic E-state index is 14.9. The second kappa shape index (κ2) is 16.9. The van der Waals surface area contributed by atoms with Crippen LogP contribution < -0.4 is 9.64 Å². The van der Waals surface area contributed by atoms with Crippen molar-refractivity contribution >= 4 is 17.7 Å². The van der Waals surface area contributed by atoms with Crippen molar-refractivity contribution in [2.24, 2.45) is 23.7 Å². The average Bonchev–Trinajstić information content (AvgIpc) is 4.04. The third kappa shape index (κ3) is 7.10. The van der Waals surface area contributed by atoms with E-state index in [1.54, 1.807) is 12.0 Å². The summed E-state index contributed by atoms with van der Waals surface area (Å²) in [6.07, 6.45) is 21.2. The predicted molar refractivity (Wildman–Crippen MR) is 223 cm³/mol. The van der Waals surface area contributed by atoms with Gasteiger partial charge in [-0.3, -0.25) is 9.69 Å². The van der Waals surface area contributed by atoms with E-state index in [0.29, 0.717) is 36.9 Å². The molecule has 0 N–H and O–H groups in total. The fourth-order valence-corrected chi connectivity index (χ4v) is 13.2. The molecule has 6 atom stereocenters. The van der Waals surface area contributed by atoms with Crippen LogP contribution in [0.3, 0.4) is 0 Å². The molecule has 320 valence electrons. The number of benzene rings is 2. The number of carbonyl (C=O) groups is 2. The van der Waals surface area contributed by atoms with Gasteiger partial charge in [0.15, 0.2) is 17.7 Å². The third-order valence-electron chi connectivity index (χ3n) is 16.0. The number of amides is 2. The average molecular weight is 811 g/mol. The smallest absolute Gasteiger partial charge is 0.411 e. The minimum Gasteiger partial charge on any atom is -0.497 e. The fraction of sp³-hybridized carbons (Fsp3) is 0.714. The van der Waals surface area contributed by atoms with Gasteiger partial charge in [0.2, 0.25) is 0 Å². The highest BCUT2D eigenvalue weighted by Crippen LogP contribution is 2.54. The Balaban J connectivity index is 1.03. The summed E-state index contributed by atoms with van der Waals surface area (Å²) in [6, 6.07) is 15.9. The zero-order chi connectivity index (χ0) is 40.0. The van der Waals surface area contributed by atoms with Gasteiger partial charge in [0.1, 0.15) is 30.0 Å². The first-order valence-electron chi connectivity index (χ1n) is 23.7. The number of hydrogen-bond acceptors (Lipinski definition) is 8. The molecule has 10 rings (SSSR count). The number of cyclic esters (lactones) is 1. The molecule has 0 bridgehead atoms. The van der Waals surface area contributed by atoms with Crippen LogP contribution in [-0.4, -0.2) is 79.2 Å². The van der Waals surface area contributed by atoms with Gasteiger partial charge in [-0.25, -0.2) is 4.79 Å². The van der Waals surface area contributed by atoms with Crippen molar-refractivity contribution in [2.45, 2.75) is 176 Å². The SMILES string of the molecule is COc1ccc(N2C(=O)[C@@H](N3C(=O)O[C@H]([C@H]4COC(C5CCCCC5)(C5CCCCC5)O4)[C@H]3[C@H]3COC(C4CCCCC4)(C4CCCCC4)O3)[C@H]2c2ccccc2)cc1. The molecule has 8 aliphatic rings. The lowest BCUT2D eigenvalue weighted by Crippen LogP contribution is -2.69. The van der Waals surface area contributed by atoms with E-state index in [4.69, 9.17) is 28.4 Å². The lowest BCUT2D eigenvalue weighted by Gasteiger charge is -2.52. The molecular formula is C49H66N2O8. The molecule has 2 amide bonds. The molecule has 0 radical (unpaired) electrons. The van der Waals surface area contributed by atoms with Crippen molar-refractivity contribution in [3.05, 3.63) is 60.2 Å². The van der Waals surface area contributed by atoms with E-state index in [2.05, 4.69) is 12.1 Å². The Labute approximate surface area is 350 Å². The fourth-order valence-electron chi connectivity index (χ4n) is 13.2. The predicted octanol–water partition coefficient (Wildman–Crippen LogP) is 9.89. The van der Waals surface area contributed by atoms with E-state index in [1.165, 1.54) is 77.0 Å². The molecule has 4 aliphatic heterocycles. The van der Waals surface area contributed by atoms with Crippen LogP contribution in [0.4, 0.5) is 10.5 Å². The minimum atomic E-state index is -0.797.